The lowest BCUT2D eigenvalue weighted by Gasteiger charge is -2.05. The third-order valence-corrected chi connectivity index (χ3v) is 2.29. The second kappa shape index (κ2) is 3.91. The highest BCUT2D eigenvalue weighted by atomic mass is 16.6. The molecule has 0 bridgehead atoms. The number of carbonyl (C=O) groups excluding carboxylic acids is 3. The number of cyclic esters (lactones) is 2. The zero-order chi connectivity index (χ0) is 13.4. The second-order valence-electron chi connectivity index (χ2n) is 3.50. The number of rotatable bonds is 2. The number of amides is 1. The molecular weight excluding hydrogens is 244 g/mol. The zero-order valence-corrected chi connectivity index (χ0v) is 9.05. The van der Waals surface area contributed by atoms with Crippen LogP contribution in [0.1, 0.15) is 27.6 Å². The van der Waals surface area contributed by atoms with Gasteiger partial charge in [-0.25, -0.2) is 9.59 Å². The van der Waals surface area contributed by atoms with E-state index < -0.39 is 28.5 Å². The monoisotopic (exact) mass is 250 g/mol. The molecule has 8 nitrogen and oxygen atoms in total. The quantitative estimate of drug-likeness (QED) is 0.360. The summed E-state index contributed by atoms with van der Waals surface area (Å²) in [6.07, 6.45) is 0. The number of hydrogen-bond donors (Lipinski definition) is 1. The first-order valence-corrected chi connectivity index (χ1v) is 4.77. The van der Waals surface area contributed by atoms with E-state index in [1.54, 1.807) is 0 Å². The third kappa shape index (κ3) is 1.69. The van der Waals surface area contributed by atoms with Crippen LogP contribution in [0.4, 0.5) is 11.4 Å². The molecule has 0 atom stereocenters. The van der Waals surface area contributed by atoms with Gasteiger partial charge in [-0.15, -0.1) is 0 Å². The predicted molar refractivity (Wildman–Crippen MR) is 57.1 cm³/mol. The van der Waals surface area contributed by atoms with Gasteiger partial charge in [-0.3, -0.25) is 14.9 Å². The minimum absolute atomic E-state index is 0.102. The maximum Gasteiger partial charge on any atom is 0.349 e. The first-order valence-electron chi connectivity index (χ1n) is 4.77. The van der Waals surface area contributed by atoms with Crippen LogP contribution in [0.3, 0.4) is 0 Å². The fourth-order valence-corrected chi connectivity index (χ4v) is 1.62. The average Bonchev–Trinajstić information content (AvgIpc) is 2.54. The van der Waals surface area contributed by atoms with E-state index in [9.17, 15) is 24.5 Å². The lowest BCUT2D eigenvalue weighted by Crippen LogP contribution is -2.12. The van der Waals surface area contributed by atoms with Crippen LogP contribution in [-0.4, -0.2) is 22.8 Å². The van der Waals surface area contributed by atoms with Crippen molar-refractivity contribution in [3.63, 3.8) is 0 Å². The SMILES string of the molecule is CC(=O)Nc1c([N+](=O)[O-])ccc2c1C(=O)OC2=O. The molecule has 92 valence electrons. The summed E-state index contributed by atoms with van der Waals surface area (Å²) in [6, 6.07) is 2.15. The average molecular weight is 250 g/mol. The normalized spacial score (nSPS) is 12.9. The molecule has 0 aliphatic carbocycles. The molecule has 1 aliphatic rings. The van der Waals surface area contributed by atoms with Crippen LogP contribution in [-0.2, 0) is 9.53 Å². The van der Waals surface area contributed by atoms with E-state index in [0.717, 1.165) is 19.1 Å². The Morgan fingerprint density at radius 3 is 2.56 bits per heavy atom. The van der Waals surface area contributed by atoms with Gasteiger partial charge in [-0.2, -0.15) is 0 Å². The lowest BCUT2D eigenvalue weighted by atomic mass is 10.1. The minimum Gasteiger partial charge on any atom is -0.386 e. The van der Waals surface area contributed by atoms with Crippen molar-refractivity contribution < 1.29 is 24.0 Å². The summed E-state index contributed by atoms with van der Waals surface area (Å²) in [7, 11) is 0. The number of nitrogens with one attached hydrogen (secondary N) is 1. The largest absolute Gasteiger partial charge is 0.386 e. The molecule has 0 saturated carbocycles. The summed E-state index contributed by atoms with van der Waals surface area (Å²) in [5.41, 5.74) is -1.18. The van der Waals surface area contributed by atoms with Crippen molar-refractivity contribution in [2.24, 2.45) is 0 Å². The summed E-state index contributed by atoms with van der Waals surface area (Å²) >= 11 is 0. The number of benzene rings is 1. The number of nitro benzene ring substituents is 1. The van der Waals surface area contributed by atoms with Gasteiger partial charge in [0, 0.05) is 13.0 Å². The Morgan fingerprint density at radius 1 is 1.33 bits per heavy atom. The first kappa shape index (κ1) is 11.7. The van der Waals surface area contributed by atoms with E-state index in [0.29, 0.717) is 0 Å². The second-order valence-corrected chi connectivity index (χ2v) is 3.50. The fraction of sp³-hybridized carbons (Fsp3) is 0.100. The predicted octanol–water partition coefficient (Wildman–Crippen LogP) is 0.864. The number of nitrogens with zero attached hydrogens (tertiary/aromatic N) is 1. The summed E-state index contributed by atoms with van der Waals surface area (Å²) in [6.45, 7) is 1.13. The Bertz CT molecular complexity index is 607. The molecule has 0 unspecified atom stereocenters. The van der Waals surface area contributed by atoms with Crippen LogP contribution in [0.15, 0.2) is 12.1 Å². The van der Waals surface area contributed by atoms with Gasteiger partial charge in [0.15, 0.2) is 0 Å². The number of fused-ring (bicyclic) bond motifs is 1. The number of nitro groups is 1. The summed E-state index contributed by atoms with van der Waals surface area (Å²) in [5.74, 6) is -2.50. The van der Waals surface area contributed by atoms with Gasteiger partial charge in [0.05, 0.1) is 10.5 Å². The highest BCUT2D eigenvalue weighted by Gasteiger charge is 2.36. The molecule has 8 heteroatoms. The zero-order valence-electron chi connectivity index (χ0n) is 9.05. The Hall–Kier alpha value is -2.77. The number of ether oxygens (including phenoxy) is 1. The van der Waals surface area contributed by atoms with E-state index in [1.165, 1.54) is 0 Å². The summed E-state index contributed by atoms with van der Waals surface area (Å²) in [5, 5.41) is 13.0. The molecule has 1 aromatic rings. The number of carbonyl (C=O) groups is 3. The Balaban J connectivity index is 2.72. The van der Waals surface area contributed by atoms with Crippen LogP contribution >= 0.6 is 0 Å². The highest BCUT2D eigenvalue weighted by Crippen LogP contribution is 2.35. The molecule has 0 radical (unpaired) electrons. The molecule has 1 amide bonds. The molecule has 1 aliphatic heterocycles. The molecule has 1 aromatic carbocycles. The molecule has 1 heterocycles. The highest BCUT2D eigenvalue weighted by molar-refractivity contribution is 6.19. The minimum atomic E-state index is -1.01. The van der Waals surface area contributed by atoms with Gasteiger partial charge < -0.3 is 10.1 Å². The Labute approximate surface area is 99.7 Å². The molecule has 18 heavy (non-hydrogen) atoms. The van der Waals surface area contributed by atoms with Crippen LogP contribution in [0.25, 0.3) is 0 Å². The van der Waals surface area contributed by atoms with Gasteiger partial charge in [0.2, 0.25) is 5.91 Å². The fourth-order valence-electron chi connectivity index (χ4n) is 1.62. The smallest absolute Gasteiger partial charge is 0.349 e. The Morgan fingerprint density at radius 2 is 2.00 bits per heavy atom. The van der Waals surface area contributed by atoms with Crippen LogP contribution in [0.2, 0.25) is 0 Å². The summed E-state index contributed by atoms with van der Waals surface area (Å²) in [4.78, 5) is 43.8. The van der Waals surface area contributed by atoms with Gasteiger partial charge in [-0.05, 0) is 6.07 Å². The van der Waals surface area contributed by atoms with Crippen molar-refractivity contribution in [2.75, 3.05) is 5.32 Å². The van der Waals surface area contributed by atoms with Crippen molar-refractivity contribution in [1.29, 1.82) is 0 Å². The van der Waals surface area contributed by atoms with Gasteiger partial charge in [0.1, 0.15) is 11.3 Å². The van der Waals surface area contributed by atoms with Crippen LogP contribution < -0.4 is 5.32 Å². The van der Waals surface area contributed by atoms with E-state index in [1.807, 2.05) is 0 Å². The molecule has 0 fully saturated rings. The number of esters is 2. The van der Waals surface area contributed by atoms with Crippen molar-refractivity contribution in [3.8, 4) is 0 Å². The maximum atomic E-state index is 11.4. The van der Waals surface area contributed by atoms with Crippen molar-refractivity contribution in [1.82, 2.24) is 0 Å². The van der Waals surface area contributed by atoms with Crippen molar-refractivity contribution in [2.45, 2.75) is 6.92 Å². The van der Waals surface area contributed by atoms with E-state index in [2.05, 4.69) is 10.1 Å². The molecule has 0 spiro atoms. The van der Waals surface area contributed by atoms with Crippen molar-refractivity contribution >= 4 is 29.2 Å². The molecule has 0 saturated heterocycles. The van der Waals surface area contributed by atoms with Gasteiger partial charge in [-0.1, -0.05) is 0 Å². The standard InChI is InChI=1S/C10H6N2O6/c1-4(13)11-8-6(12(16)17)3-2-5-7(8)10(15)18-9(5)14/h2-3H,1H3,(H,11,13). The molecule has 2 rings (SSSR count). The maximum absolute atomic E-state index is 11.4. The first-order chi connectivity index (χ1) is 8.41. The third-order valence-electron chi connectivity index (χ3n) is 2.29. The van der Waals surface area contributed by atoms with E-state index in [-0.39, 0.29) is 16.8 Å². The van der Waals surface area contributed by atoms with Crippen molar-refractivity contribution in [3.05, 3.63) is 33.4 Å². The molecule has 1 N–H and O–H groups in total. The topological polar surface area (TPSA) is 116 Å². The van der Waals surface area contributed by atoms with Crippen LogP contribution in [0, 0.1) is 10.1 Å². The van der Waals surface area contributed by atoms with E-state index in [4.69, 9.17) is 0 Å². The number of hydrogen-bond acceptors (Lipinski definition) is 6. The van der Waals surface area contributed by atoms with Gasteiger partial charge in [0.25, 0.3) is 5.69 Å². The van der Waals surface area contributed by atoms with Gasteiger partial charge >= 0.3 is 11.9 Å². The Kier molecular flexibility index (Phi) is 2.55. The molecule has 0 aromatic heterocycles. The van der Waals surface area contributed by atoms with E-state index >= 15 is 0 Å². The van der Waals surface area contributed by atoms with Crippen LogP contribution in [0.5, 0.6) is 0 Å². The number of anilines is 1. The summed E-state index contributed by atoms with van der Waals surface area (Å²) < 4.78 is 4.34. The molecular formula is C10H6N2O6. The lowest BCUT2D eigenvalue weighted by molar-refractivity contribution is -0.383.